The molecule has 2 aromatic rings. The largest absolute Gasteiger partial charge is 0.399 e. The fraction of sp³-hybridized carbons (Fsp3) is 0.0769. The molecule has 3 N–H and O–H groups in total. The van der Waals surface area contributed by atoms with Gasteiger partial charge in [-0.15, -0.1) is 0 Å². The standard InChI is InChI=1S/C13H11Cl2N3O2/c14-11-5-10(18(19)20)6-12(15)13(11)17-7-8-1-3-9(16)4-2-8/h1-6,17H,7,16H2. The molecule has 0 atom stereocenters. The van der Waals surface area contributed by atoms with E-state index in [1.54, 1.807) is 12.1 Å². The molecular weight excluding hydrogens is 301 g/mol. The van der Waals surface area contributed by atoms with Gasteiger partial charge in [-0.25, -0.2) is 0 Å². The smallest absolute Gasteiger partial charge is 0.272 e. The summed E-state index contributed by atoms with van der Waals surface area (Å²) in [5.74, 6) is 0. The van der Waals surface area contributed by atoms with Crippen LogP contribution in [-0.4, -0.2) is 4.92 Å². The Balaban J connectivity index is 2.17. The van der Waals surface area contributed by atoms with E-state index in [1.807, 2.05) is 12.1 Å². The molecular formula is C13H11Cl2N3O2. The summed E-state index contributed by atoms with van der Waals surface area (Å²) in [5.41, 5.74) is 7.60. The summed E-state index contributed by atoms with van der Waals surface area (Å²) in [5, 5.41) is 14.2. The lowest BCUT2D eigenvalue weighted by Crippen LogP contribution is -2.01. The first-order valence-corrected chi connectivity index (χ1v) is 6.44. The zero-order valence-electron chi connectivity index (χ0n) is 10.3. The van der Waals surface area contributed by atoms with Crippen LogP contribution in [0.3, 0.4) is 0 Å². The van der Waals surface area contributed by atoms with Gasteiger partial charge in [0.2, 0.25) is 0 Å². The third-order valence-electron chi connectivity index (χ3n) is 2.69. The van der Waals surface area contributed by atoms with Crippen molar-refractivity contribution < 1.29 is 4.92 Å². The van der Waals surface area contributed by atoms with Crippen LogP contribution >= 0.6 is 23.2 Å². The predicted octanol–water partition coefficient (Wildman–Crippen LogP) is 4.10. The zero-order valence-corrected chi connectivity index (χ0v) is 11.8. The van der Waals surface area contributed by atoms with E-state index in [1.165, 1.54) is 12.1 Å². The number of hydrogen-bond donors (Lipinski definition) is 2. The van der Waals surface area contributed by atoms with Crippen LogP contribution in [0.15, 0.2) is 36.4 Å². The second kappa shape index (κ2) is 5.98. The fourth-order valence-corrected chi connectivity index (χ4v) is 2.27. The summed E-state index contributed by atoms with van der Waals surface area (Å²) in [6.45, 7) is 0.484. The highest BCUT2D eigenvalue weighted by Crippen LogP contribution is 2.34. The molecule has 0 radical (unpaired) electrons. The first-order chi connectivity index (χ1) is 9.47. The minimum Gasteiger partial charge on any atom is -0.399 e. The maximum absolute atomic E-state index is 10.7. The number of nitrogens with zero attached hydrogens (tertiary/aromatic N) is 1. The maximum Gasteiger partial charge on any atom is 0.272 e. The Bertz CT molecular complexity index is 622. The molecule has 0 aliphatic rings. The second-order valence-corrected chi connectivity index (χ2v) is 4.95. The number of benzene rings is 2. The number of nitro groups is 1. The van der Waals surface area contributed by atoms with E-state index in [0.717, 1.165) is 5.56 Å². The van der Waals surface area contributed by atoms with Crippen molar-refractivity contribution in [3.8, 4) is 0 Å². The van der Waals surface area contributed by atoms with Gasteiger partial charge in [0.15, 0.2) is 0 Å². The normalized spacial score (nSPS) is 10.3. The third kappa shape index (κ3) is 3.31. The van der Waals surface area contributed by atoms with Crippen molar-refractivity contribution in [3.05, 3.63) is 62.1 Å². The van der Waals surface area contributed by atoms with Crippen LogP contribution in [0.4, 0.5) is 17.1 Å². The van der Waals surface area contributed by atoms with Gasteiger partial charge in [0.05, 0.1) is 20.7 Å². The van der Waals surface area contributed by atoms with Crippen LogP contribution in [-0.2, 0) is 6.54 Å². The molecule has 2 aromatic carbocycles. The van der Waals surface area contributed by atoms with Gasteiger partial charge in [0.1, 0.15) is 0 Å². The third-order valence-corrected chi connectivity index (χ3v) is 3.28. The first kappa shape index (κ1) is 14.4. The van der Waals surface area contributed by atoms with E-state index in [0.29, 0.717) is 17.9 Å². The topological polar surface area (TPSA) is 81.2 Å². The average Bonchev–Trinajstić information content (AvgIpc) is 2.39. The lowest BCUT2D eigenvalue weighted by atomic mass is 10.2. The molecule has 0 saturated heterocycles. The monoisotopic (exact) mass is 311 g/mol. The molecule has 2 rings (SSSR count). The molecule has 5 nitrogen and oxygen atoms in total. The van der Waals surface area contributed by atoms with Crippen LogP contribution in [0.25, 0.3) is 0 Å². The van der Waals surface area contributed by atoms with E-state index in [4.69, 9.17) is 28.9 Å². The summed E-state index contributed by atoms with van der Waals surface area (Å²) < 4.78 is 0. The number of non-ortho nitro benzene ring substituents is 1. The number of hydrogen-bond acceptors (Lipinski definition) is 4. The number of rotatable bonds is 4. The lowest BCUT2D eigenvalue weighted by molar-refractivity contribution is -0.384. The Labute approximate surface area is 125 Å². The van der Waals surface area contributed by atoms with Gasteiger partial charge >= 0.3 is 0 Å². The zero-order chi connectivity index (χ0) is 14.7. The van der Waals surface area contributed by atoms with Crippen LogP contribution in [0.2, 0.25) is 10.0 Å². The minimum atomic E-state index is -0.540. The molecule has 0 amide bonds. The molecule has 0 aliphatic carbocycles. The number of anilines is 2. The Morgan fingerprint density at radius 3 is 2.20 bits per heavy atom. The SMILES string of the molecule is Nc1ccc(CNc2c(Cl)cc([N+](=O)[O-])cc2Cl)cc1. The number of nitrogens with one attached hydrogen (secondary N) is 1. The summed E-state index contributed by atoms with van der Waals surface area (Å²) in [4.78, 5) is 10.1. The average molecular weight is 312 g/mol. The summed E-state index contributed by atoms with van der Waals surface area (Å²) >= 11 is 12.0. The molecule has 0 fully saturated rings. The van der Waals surface area contributed by atoms with Gasteiger partial charge in [-0.1, -0.05) is 35.3 Å². The number of nitrogens with two attached hydrogens (primary N) is 1. The molecule has 0 bridgehead atoms. The summed E-state index contributed by atoms with van der Waals surface area (Å²) in [6, 6.07) is 9.84. The number of halogens is 2. The molecule has 0 aliphatic heterocycles. The van der Waals surface area contributed by atoms with Crippen LogP contribution in [0.5, 0.6) is 0 Å². The van der Waals surface area contributed by atoms with Crippen LogP contribution in [0.1, 0.15) is 5.56 Å². The van der Waals surface area contributed by atoms with E-state index in [9.17, 15) is 10.1 Å². The van der Waals surface area contributed by atoms with Crippen LogP contribution < -0.4 is 11.1 Å². The summed E-state index contributed by atoms with van der Waals surface area (Å²) in [7, 11) is 0. The van der Waals surface area contributed by atoms with Crippen molar-refractivity contribution in [3.63, 3.8) is 0 Å². The van der Waals surface area contributed by atoms with E-state index in [2.05, 4.69) is 5.32 Å². The summed E-state index contributed by atoms with van der Waals surface area (Å²) in [6.07, 6.45) is 0. The minimum absolute atomic E-state index is 0.141. The number of nitro benzene ring substituents is 1. The van der Waals surface area contributed by atoms with Crippen molar-refractivity contribution >= 4 is 40.3 Å². The predicted molar refractivity (Wildman–Crippen MR) is 81.3 cm³/mol. The molecule has 0 spiro atoms. The number of nitrogen functional groups attached to an aromatic ring is 1. The van der Waals surface area contributed by atoms with E-state index in [-0.39, 0.29) is 15.7 Å². The molecule has 7 heteroatoms. The van der Waals surface area contributed by atoms with Crippen LogP contribution in [0, 0.1) is 10.1 Å². The van der Waals surface area contributed by atoms with Crippen molar-refractivity contribution in [2.75, 3.05) is 11.1 Å². The molecule has 0 heterocycles. The lowest BCUT2D eigenvalue weighted by Gasteiger charge is -2.10. The molecule has 20 heavy (non-hydrogen) atoms. The Morgan fingerprint density at radius 1 is 1.15 bits per heavy atom. The second-order valence-electron chi connectivity index (χ2n) is 4.14. The van der Waals surface area contributed by atoms with Gasteiger partial charge in [-0.05, 0) is 17.7 Å². The van der Waals surface area contributed by atoms with Crippen molar-refractivity contribution in [1.82, 2.24) is 0 Å². The highest BCUT2D eigenvalue weighted by Gasteiger charge is 2.14. The van der Waals surface area contributed by atoms with Gasteiger partial charge in [0.25, 0.3) is 5.69 Å². The molecule has 104 valence electrons. The fourth-order valence-electron chi connectivity index (χ4n) is 1.66. The van der Waals surface area contributed by atoms with Gasteiger partial charge in [-0.2, -0.15) is 0 Å². The van der Waals surface area contributed by atoms with Crippen molar-refractivity contribution in [1.29, 1.82) is 0 Å². The highest BCUT2D eigenvalue weighted by molar-refractivity contribution is 6.39. The van der Waals surface area contributed by atoms with E-state index >= 15 is 0 Å². The highest BCUT2D eigenvalue weighted by atomic mass is 35.5. The first-order valence-electron chi connectivity index (χ1n) is 5.69. The van der Waals surface area contributed by atoms with E-state index < -0.39 is 4.92 Å². The Morgan fingerprint density at radius 2 is 1.70 bits per heavy atom. The van der Waals surface area contributed by atoms with Crippen molar-refractivity contribution in [2.45, 2.75) is 6.54 Å². The molecule has 0 saturated carbocycles. The van der Waals surface area contributed by atoms with Gasteiger partial charge < -0.3 is 11.1 Å². The van der Waals surface area contributed by atoms with Gasteiger partial charge in [0, 0.05) is 24.4 Å². The Kier molecular flexibility index (Phi) is 4.32. The quantitative estimate of drug-likeness (QED) is 0.506. The molecule has 0 unspecified atom stereocenters. The van der Waals surface area contributed by atoms with Gasteiger partial charge in [-0.3, -0.25) is 10.1 Å². The Hall–Kier alpha value is -1.98. The molecule has 0 aromatic heterocycles. The van der Waals surface area contributed by atoms with Crippen molar-refractivity contribution in [2.24, 2.45) is 0 Å². The maximum atomic E-state index is 10.7.